The second-order valence-electron chi connectivity index (χ2n) is 3.66. The van der Waals surface area contributed by atoms with Crippen molar-refractivity contribution in [2.75, 3.05) is 7.05 Å². The highest BCUT2D eigenvalue weighted by atomic mass is 79.9. The first-order valence-electron chi connectivity index (χ1n) is 5.15. The number of hydrogen-bond acceptors (Lipinski definition) is 2. The van der Waals surface area contributed by atoms with Crippen LogP contribution in [0.15, 0.2) is 35.1 Å². The van der Waals surface area contributed by atoms with E-state index in [0.29, 0.717) is 0 Å². The van der Waals surface area contributed by atoms with Gasteiger partial charge in [0, 0.05) is 23.4 Å². The van der Waals surface area contributed by atoms with E-state index in [0.717, 1.165) is 22.5 Å². The molecule has 0 aliphatic carbocycles. The Kier molecular flexibility index (Phi) is 3.41. The first kappa shape index (κ1) is 11.4. The number of nitrogens with one attached hydrogen (secondary N) is 1. The molecule has 0 fully saturated rings. The van der Waals surface area contributed by atoms with Crippen LogP contribution >= 0.6 is 15.9 Å². The molecule has 0 atom stereocenters. The summed E-state index contributed by atoms with van der Waals surface area (Å²) in [5.41, 5.74) is 2.38. The molecular formula is C12H14BrN3. The van der Waals surface area contributed by atoms with Crippen LogP contribution in [0.3, 0.4) is 0 Å². The van der Waals surface area contributed by atoms with Gasteiger partial charge in [-0.15, -0.1) is 0 Å². The molecule has 0 aliphatic heterocycles. The van der Waals surface area contributed by atoms with Crippen LogP contribution in [0.25, 0.3) is 5.69 Å². The second kappa shape index (κ2) is 4.80. The van der Waals surface area contributed by atoms with Gasteiger partial charge in [-0.05, 0) is 47.6 Å². The molecule has 2 rings (SSSR count). The minimum Gasteiger partial charge on any atom is -0.316 e. The van der Waals surface area contributed by atoms with Crippen molar-refractivity contribution in [1.29, 1.82) is 0 Å². The Hall–Kier alpha value is -1.13. The molecular weight excluding hydrogens is 266 g/mol. The van der Waals surface area contributed by atoms with Gasteiger partial charge in [0.25, 0.3) is 0 Å². The number of imidazole rings is 1. The molecule has 1 aromatic heterocycles. The third-order valence-electron chi connectivity index (χ3n) is 2.48. The molecule has 1 aromatic carbocycles. The monoisotopic (exact) mass is 279 g/mol. The number of aromatic nitrogens is 2. The molecule has 0 aliphatic rings. The Morgan fingerprint density at radius 1 is 1.44 bits per heavy atom. The first-order chi connectivity index (χ1) is 7.72. The molecule has 1 N–H and O–H groups in total. The summed E-state index contributed by atoms with van der Waals surface area (Å²) in [6.07, 6.45) is 3.77. The SMILES string of the molecule is CNCc1ccc(-n2ccnc2C)c(Br)c1. The number of hydrogen-bond donors (Lipinski definition) is 1. The van der Waals surface area contributed by atoms with Crippen LogP contribution in [-0.4, -0.2) is 16.6 Å². The van der Waals surface area contributed by atoms with Gasteiger partial charge in [-0.2, -0.15) is 0 Å². The maximum absolute atomic E-state index is 4.22. The van der Waals surface area contributed by atoms with Gasteiger partial charge >= 0.3 is 0 Å². The first-order valence-corrected chi connectivity index (χ1v) is 5.95. The maximum Gasteiger partial charge on any atom is 0.110 e. The van der Waals surface area contributed by atoms with Crippen LogP contribution in [0.1, 0.15) is 11.4 Å². The zero-order valence-electron chi connectivity index (χ0n) is 9.37. The maximum atomic E-state index is 4.22. The van der Waals surface area contributed by atoms with Crippen molar-refractivity contribution in [3.63, 3.8) is 0 Å². The predicted molar refractivity (Wildman–Crippen MR) is 68.8 cm³/mol. The van der Waals surface area contributed by atoms with E-state index in [1.807, 2.05) is 26.4 Å². The highest BCUT2D eigenvalue weighted by Gasteiger charge is 2.05. The molecule has 0 saturated heterocycles. The number of rotatable bonds is 3. The van der Waals surface area contributed by atoms with Crippen LogP contribution in [0.5, 0.6) is 0 Å². The zero-order chi connectivity index (χ0) is 11.5. The summed E-state index contributed by atoms with van der Waals surface area (Å²) in [5, 5.41) is 3.14. The van der Waals surface area contributed by atoms with Crippen molar-refractivity contribution in [3.05, 3.63) is 46.5 Å². The van der Waals surface area contributed by atoms with Crippen LogP contribution in [-0.2, 0) is 6.54 Å². The summed E-state index contributed by atoms with van der Waals surface area (Å²) < 4.78 is 3.15. The highest BCUT2D eigenvalue weighted by molar-refractivity contribution is 9.10. The van der Waals surface area contributed by atoms with E-state index in [1.165, 1.54) is 5.56 Å². The lowest BCUT2D eigenvalue weighted by molar-refractivity contribution is 0.816. The predicted octanol–water partition coefficient (Wildman–Crippen LogP) is 2.66. The summed E-state index contributed by atoms with van der Waals surface area (Å²) in [7, 11) is 1.95. The summed E-state index contributed by atoms with van der Waals surface area (Å²) in [6, 6.07) is 6.35. The van der Waals surface area contributed by atoms with Crippen LogP contribution in [0.4, 0.5) is 0 Å². The van der Waals surface area contributed by atoms with Crippen molar-refractivity contribution in [3.8, 4) is 5.69 Å². The summed E-state index contributed by atoms with van der Waals surface area (Å²) in [4.78, 5) is 4.22. The second-order valence-corrected chi connectivity index (χ2v) is 4.51. The van der Waals surface area contributed by atoms with Gasteiger partial charge in [-0.3, -0.25) is 0 Å². The number of halogens is 1. The van der Waals surface area contributed by atoms with Gasteiger partial charge in [0.15, 0.2) is 0 Å². The lowest BCUT2D eigenvalue weighted by Gasteiger charge is -2.09. The van der Waals surface area contributed by atoms with E-state index in [-0.39, 0.29) is 0 Å². The number of aryl methyl sites for hydroxylation is 1. The molecule has 0 saturated carbocycles. The normalized spacial score (nSPS) is 10.7. The Morgan fingerprint density at radius 2 is 2.25 bits per heavy atom. The van der Waals surface area contributed by atoms with Crippen molar-refractivity contribution in [2.24, 2.45) is 0 Å². The van der Waals surface area contributed by atoms with Gasteiger partial charge in [0.2, 0.25) is 0 Å². The molecule has 0 spiro atoms. The minimum absolute atomic E-state index is 0.877. The van der Waals surface area contributed by atoms with E-state index in [2.05, 4.69) is 49.0 Å². The average molecular weight is 280 g/mol. The Balaban J connectivity index is 2.40. The quantitative estimate of drug-likeness (QED) is 0.936. The fraction of sp³-hybridized carbons (Fsp3) is 0.250. The standard InChI is InChI=1S/C12H14BrN3/c1-9-15-5-6-16(9)12-4-3-10(8-14-2)7-11(12)13/h3-7,14H,8H2,1-2H3. The Bertz CT molecular complexity index is 491. The summed E-state index contributed by atoms with van der Waals surface area (Å²) >= 11 is 3.60. The number of nitrogens with zero attached hydrogens (tertiary/aromatic N) is 2. The van der Waals surface area contributed by atoms with Crippen LogP contribution in [0, 0.1) is 6.92 Å². The third kappa shape index (κ3) is 2.18. The molecule has 84 valence electrons. The van der Waals surface area contributed by atoms with Gasteiger partial charge in [-0.1, -0.05) is 6.07 Å². The fourth-order valence-corrected chi connectivity index (χ4v) is 2.31. The molecule has 0 amide bonds. The average Bonchev–Trinajstić information content (AvgIpc) is 2.65. The van der Waals surface area contributed by atoms with E-state index in [1.54, 1.807) is 0 Å². The summed E-state index contributed by atoms with van der Waals surface area (Å²) in [6.45, 7) is 2.87. The lowest BCUT2D eigenvalue weighted by Crippen LogP contribution is -2.05. The van der Waals surface area contributed by atoms with Gasteiger partial charge < -0.3 is 9.88 Å². The zero-order valence-corrected chi connectivity index (χ0v) is 11.0. The van der Waals surface area contributed by atoms with Gasteiger partial charge in [0.05, 0.1) is 5.69 Å². The largest absolute Gasteiger partial charge is 0.316 e. The van der Waals surface area contributed by atoms with E-state index >= 15 is 0 Å². The molecule has 16 heavy (non-hydrogen) atoms. The van der Waals surface area contributed by atoms with Crippen molar-refractivity contribution in [2.45, 2.75) is 13.5 Å². The molecule has 0 unspecified atom stereocenters. The third-order valence-corrected chi connectivity index (χ3v) is 3.11. The molecule has 1 heterocycles. The summed E-state index contributed by atoms with van der Waals surface area (Å²) in [5.74, 6) is 0.988. The topological polar surface area (TPSA) is 29.9 Å². The van der Waals surface area contributed by atoms with Crippen molar-refractivity contribution >= 4 is 15.9 Å². The van der Waals surface area contributed by atoms with Crippen LogP contribution in [0.2, 0.25) is 0 Å². The van der Waals surface area contributed by atoms with E-state index < -0.39 is 0 Å². The minimum atomic E-state index is 0.877. The van der Waals surface area contributed by atoms with Crippen LogP contribution < -0.4 is 5.32 Å². The Morgan fingerprint density at radius 3 is 2.81 bits per heavy atom. The van der Waals surface area contributed by atoms with Gasteiger partial charge in [0.1, 0.15) is 5.82 Å². The molecule has 2 aromatic rings. The van der Waals surface area contributed by atoms with E-state index in [4.69, 9.17) is 0 Å². The van der Waals surface area contributed by atoms with Gasteiger partial charge in [-0.25, -0.2) is 4.98 Å². The number of benzene rings is 1. The highest BCUT2D eigenvalue weighted by Crippen LogP contribution is 2.23. The smallest absolute Gasteiger partial charge is 0.110 e. The lowest BCUT2D eigenvalue weighted by atomic mass is 10.2. The van der Waals surface area contributed by atoms with E-state index in [9.17, 15) is 0 Å². The fourth-order valence-electron chi connectivity index (χ4n) is 1.69. The van der Waals surface area contributed by atoms with Crippen molar-refractivity contribution < 1.29 is 0 Å². The Labute approximate surface area is 104 Å². The molecule has 4 heteroatoms. The molecule has 0 radical (unpaired) electrons. The molecule has 3 nitrogen and oxygen atoms in total. The molecule has 0 bridgehead atoms. The van der Waals surface area contributed by atoms with Crippen molar-refractivity contribution in [1.82, 2.24) is 14.9 Å².